The molecule has 3 aromatic rings. The average Bonchev–Trinajstić information content (AvgIpc) is 3.26. The molecule has 2 aromatic carbocycles. The van der Waals surface area contributed by atoms with Crippen LogP contribution >= 0.6 is 0 Å². The summed E-state index contributed by atoms with van der Waals surface area (Å²) < 4.78 is 12.6. The molecule has 0 spiro atoms. The highest BCUT2D eigenvalue weighted by Crippen LogP contribution is 2.33. The summed E-state index contributed by atoms with van der Waals surface area (Å²) >= 11 is 0. The topological polar surface area (TPSA) is 69.5 Å². The van der Waals surface area contributed by atoms with Gasteiger partial charge in [0.15, 0.2) is 11.5 Å². The molecule has 0 atom stereocenters. The van der Waals surface area contributed by atoms with Crippen molar-refractivity contribution in [2.45, 2.75) is 13.0 Å². The van der Waals surface area contributed by atoms with E-state index in [1.54, 1.807) is 31.4 Å². The van der Waals surface area contributed by atoms with Gasteiger partial charge in [-0.15, -0.1) is 10.2 Å². The van der Waals surface area contributed by atoms with Gasteiger partial charge in [-0.3, -0.25) is 9.36 Å². The van der Waals surface area contributed by atoms with E-state index in [0.717, 1.165) is 23.4 Å². The van der Waals surface area contributed by atoms with Gasteiger partial charge in [0.25, 0.3) is 5.91 Å². The van der Waals surface area contributed by atoms with Crippen LogP contribution in [0, 0.1) is 0 Å². The molecule has 0 N–H and O–H groups in total. The molecule has 4 rings (SSSR count). The van der Waals surface area contributed by atoms with E-state index in [-0.39, 0.29) is 5.91 Å². The zero-order valence-electron chi connectivity index (χ0n) is 15.3. The van der Waals surface area contributed by atoms with Gasteiger partial charge in [0.1, 0.15) is 12.7 Å². The second-order valence-corrected chi connectivity index (χ2v) is 6.37. The maximum Gasteiger partial charge on any atom is 0.254 e. The first-order chi connectivity index (χ1) is 13.2. The lowest BCUT2D eigenvalue weighted by molar-refractivity contribution is 0.0734. The molecule has 138 valence electrons. The number of aromatic nitrogens is 3. The summed E-state index contributed by atoms with van der Waals surface area (Å²) in [7, 11) is 3.25. The second kappa shape index (κ2) is 7.11. The van der Waals surface area contributed by atoms with Crippen molar-refractivity contribution in [1.29, 1.82) is 0 Å². The Balaban J connectivity index is 1.54. The van der Waals surface area contributed by atoms with E-state index in [0.29, 0.717) is 24.4 Å². The number of hydrogen-bond acceptors (Lipinski definition) is 5. The predicted octanol–water partition coefficient (Wildman–Crippen LogP) is 2.48. The molecule has 1 aromatic heterocycles. The number of amides is 1. The van der Waals surface area contributed by atoms with Crippen LogP contribution in [0.2, 0.25) is 0 Å². The van der Waals surface area contributed by atoms with Crippen LogP contribution in [0.15, 0.2) is 49.1 Å². The summed E-state index contributed by atoms with van der Waals surface area (Å²) in [6.45, 7) is 1.23. The van der Waals surface area contributed by atoms with E-state index < -0.39 is 0 Å². The molecule has 0 aliphatic carbocycles. The normalized spacial score (nSPS) is 13.2. The smallest absolute Gasteiger partial charge is 0.254 e. The number of carbonyl (C=O) groups is 1. The highest BCUT2D eigenvalue weighted by molar-refractivity contribution is 5.94. The number of carbonyl (C=O) groups excluding carboxylic acids is 1. The molecule has 7 nitrogen and oxygen atoms in total. The standard InChI is InChI=1S/C20H20N4O3/c1-26-18-9-15-7-8-23(11-16(15)10-19(18)27-2)20(25)14-3-5-17(6-4-14)24-12-21-22-13-24/h3-6,9-10,12-13H,7-8,11H2,1-2H3. The van der Waals surface area contributed by atoms with E-state index in [1.807, 2.05) is 41.3 Å². The SMILES string of the molecule is COc1cc2c(cc1OC)CN(C(=O)c1ccc(-n3cnnc3)cc1)CC2. The van der Waals surface area contributed by atoms with E-state index in [2.05, 4.69) is 10.2 Å². The maximum atomic E-state index is 12.9. The third kappa shape index (κ3) is 3.23. The minimum absolute atomic E-state index is 0.0192. The van der Waals surface area contributed by atoms with Gasteiger partial charge < -0.3 is 14.4 Å². The van der Waals surface area contributed by atoms with E-state index in [1.165, 1.54) is 5.56 Å². The Labute approximate surface area is 157 Å². The van der Waals surface area contributed by atoms with Crippen LogP contribution in [0.4, 0.5) is 0 Å². The minimum Gasteiger partial charge on any atom is -0.493 e. The largest absolute Gasteiger partial charge is 0.493 e. The monoisotopic (exact) mass is 364 g/mol. The molecular weight excluding hydrogens is 344 g/mol. The summed E-state index contributed by atoms with van der Waals surface area (Å²) in [6, 6.07) is 11.4. The van der Waals surface area contributed by atoms with Crippen LogP contribution in [-0.4, -0.2) is 46.3 Å². The van der Waals surface area contributed by atoms with Gasteiger partial charge in [-0.05, 0) is 53.9 Å². The number of methoxy groups -OCH3 is 2. The molecule has 27 heavy (non-hydrogen) atoms. The van der Waals surface area contributed by atoms with Crippen molar-refractivity contribution in [3.05, 3.63) is 65.7 Å². The molecule has 1 amide bonds. The first-order valence-electron chi connectivity index (χ1n) is 8.67. The number of fused-ring (bicyclic) bond motifs is 1. The fourth-order valence-corrected chi connectivity index (χ4v) is 3.35. The Morgan fingerprint density at radius 1 is 0.963 bits per heavy atom. The summed E-state index contributed by atoms with van der Waals surface area (Å²) in [5.74, 6) is 1.43. The molecule has 0 radical (unpaired) electrons. The molecule has 7 heteroatoms. The molecule has 1 aliphatic rings. The number of hydrogen-bond donors (Lipinski definition) is 0. The van der Waals surface area contributed by atoms with Gasteiger partial charge >= 0.3 is 0 Å². The number of rotatable bonds is 4. The van der Waals surface area contributed by atoms with Crippen LogP contribution < -0.4 is 9.47 Å². The van der Waals surface area contributed by atoms with Crippen molar-refractivity contribution in [2.24, 2.45) is 0 Å². The minimum atomic E-state index is 0.0192. The Morgan fingerprint density at radius 2 is 1.59 bits per heavy atom. The van der Waals surface area contributed by atoms with Crippen molar-refractivity contribution in [3.63, 3.8) is 0 Å². The molecule has 0 unspecified atom stereocenters. The third-order valence-corrected chi connectivity index (χ3v) is 4.84. The summed E-state index contributed by atoms with van der Waals surface area (Å²) in [5, 5.41) is 7.59. The quantitative estimate of drug-likeness (QED) is 0.711. The second-order valence-electron chi connectivity index (χ2n) is 6.37. The lowest BCUT2D eigenvalue weighted by Crippen LogP contribution is -2.36. The van der Waals surface area contributed by atoms with Crippen LogP contribution in [0.3, 0.4) is 0 Å². The zero-order chi connectivity index (χ0) is 18.8. The zero-order valence-corrected chi connectivity index (χ0v) is 15.3. The first kappa shape index (κ1) is 17.1. The average molecular weight is 364 g/mol. The number of benzene rings is 2. The van der Waals surface area contributed by atoms with Crippen molar-refractivity contribution in [1.82, 2.24) is 19.7 Å². The molecule has 1 aliphatic heterocycles. The molecule has 0 bridgehead atoms. The maximum absolute atomic E-state index is 12.9. The van der Waals surface area contributed by atoms with Gasteiger partial charge in [-0.1, -0.05) is 0 Å². The lowest BCUT2D eigenvalue weighted by atomic mass is 9.98. The van der Waals surface area contributed by atoms with Gasteiger partial charge in [-0.2, -0.15) is 0 Å². The van der Waals surface area contributed by atoms with Crippen LogP contribution in [0.5, 0.6) is 11.5 Å². The van der Waals surface area contributed by atoms with Gasteiger partial charge in [-0.25, -0.2) is 0 Å². The summed E-state index contributed by atoms with van der Waals surface area (Å²) in [4.78, 5) is 14.8. The number of ether oxygens (including phenoxy) is 2. The molecule has 0 saturated heterocycles. The highest BCUT2D eigenvalue weighted by Gasteiger charge is 2.23. The van der Waals surface area contributed by atoms with E-state index in [4.69, 9.17) is 9.47 Å². The van der Waals surface area contributed by atoms with Crippen LogP contribution in [-0.2, 0) is 13.0 Å². The molecule has 2 heterocycles. The van der Waals surface area contributed by atoms with Crippen molar-refractivity contribution in [2.75, 3.05) is 20.8 Å². The molecular formula is C20H20N4O3. The predicted molar refractivity (Wildman–Crippen MR) is 99.3 cm³/mol. The van der Waals surface area contributed by atoms with Crippen LogP contribution in [0.25, 0.3) is 5.69 Å². The Hall–Kier alpha value is -3.35. The Morgan fingerprint density at radius 3 is 2.22 bits per heavy atom. The van der Waals surface area contributed by atoms with Gasteiger partial charge in [0, 0.05) is 24.3 Å². The molecule has 0 fully saturated rings. The Kier molecular flexibility index (Phi) is 4.50. The van der Waals surface area contributed by atoms with Crippen molar-refractivity contribution >= 4 is 5.91 Å². The number of nitrogens with zero attached hydrogens (tertiary/aromatic N) is 4. The highest BCUT2D eigenvalue weighted by atomic mass is 16.5. The van der Waals surface area contributed by atoms with E-state index in [9.17, 15) is 4.79 Å². The first-order valence-corrected chi connectivity index (χ1v) is 8.67. The van der Waals surface area contributed by atoms with Crippen molar-refractivity contribution < 1.29 is 14.3 Å². The van der Waals surface area contributed by atoms with E-state index >= 15 is 0 Å². The van der Waals surface area contributed by atoms with Crippen molar-refractivity contribution in [3.8, 4) is 17.2 Å². The fraction of sp³-hybridized carbons (Fsp3) is 0.250. The van der Waals surface area contributed by atoms with Gasteiger partial charge in [0.05, 0.1) is 14.2 Å². The lowest BCUT2D eigenvalue weighted by Gasteiger charge is -2.29. The molecule has 0 saturated carbocycles. The summed E-state index contributed by atoms with van der Waals surface area (Å²) in [6.07, 6.45) is 4.04. The van der Waals surface area contributed by atoms with Gasteiger partial charge in [0.2, 0.25) is 0 Å². The third-order valence-electron chi connectivity index (χ3n) is 4.84. The fourth-order valence-electron chi connectivity index (χ4n) is 3.35. The summed E-state index contributed by atoms with van der Waals surface area (Å²) in [5.41, 5.74) is 3.86. The Bertz CT molecular complexity index is 952. The van der Waals surface area contributed by atoms with Crippen LogP contribution in [0.1, 0.15) is 21.5 Å².